The Balaban J connectivity index is 3.04. The summed E-state index contributed by atoms with van der Waals surface area (Å²) in [7, 11) is 0. The first-order chi connectivity index (χ1) is 8.77. The number of halogens is 5. The normalized spacial score (nSPS) is 11.2. The molecule has 0 atom stereocenters. The summed E-state index contributed by atoms with van der Waals surface area (Å²) in [4.78, 5) is 11.5. The van der Waals surface area contributed by atoms with Gasteiger partial charge in [0.25, 0.3) is 0 Å². The first kappa shape index (κ1) is 15.6. The molecular formula is C13H13F5O. The van der Waals surface area contributed by atoms with E-state index < -0.39 is 40.4 Å². The maximum atomic E-state index is 13.3. The fourth-order valence-corrected chi connectivity index (χ4v) is 1.65. The number of carbonyl (C=O) groups excluding carboxylic acids is 1. The molecule has 19 heavy (non-hydrogen) atoms. The van der Waals surface area contributed by atoms with Gasteiger partial charge in [0, 0.05) is 6.42 Å². The Morgan fingerprint density at radius 3 is 1.74 bits per heavy atom. The fourth-order valence-electron chi connectivity index (χ4n) is 1.65. The Hall–Kier alpha value is -1.46. The quantitative estimate of drug-likeness (QED) is 0.338. The van der Waals surface area contributed by atoms with Crippen LogP contribution in [0.3, 0.4) is 0 Å². The molecule has 1 nitrogen and oxygen atoms in total. The van der Waals surface area contributed by atoms with Crippen molar-refractivity contribution in [3.8, 4) is 0 Å². The highest BCUT2D eigenvalue weighted by molar-refractivity contribution is 5.96. The molecule has 0 amide bonds. The van der Waals surface area contributed by atoms with Crippen LogP contribution in [0.1, 0.15) is 43.5 Å². The zero-order chi connectivity index (χ0) is 14.7. The average Bonchev–Trinajstić information content (AvgIpc) is 2.34. The van der Waals surface area contributed by atoms with Gasteiger partial charge in [0.15, 0.2) is 29.1 Å². The Kier molecular flexibility index (Phi) is 5.03. The van der Waals surface area contributed by atoms with E-state index in [4.69, 9.17) is 0 Å². The van der Waals surface area contributed by atoms with Gasteiger partial charge in [-0.05, 0) is 12.3 Å². The summed E-state index contributed by atoms with van der Waals surface area (Å²) < 4.78 is 65.2. The summed E-state index contributed by atoms with van der Waals surface area (Å²) in [5.74, 6) is -11.4. The van der Waals surface area contributed by atoms with Gasteiger partial charge in [-0.2, -0.15) is 0 Å². The highest BCUT2D eigenvalue weighted by Crippen LogP contribution is 2.24. The summed E-state index contributed by atoms with van der Waals surface area (Å²) in [6, 6.07) is 0. The number of hydrogen-bond acceptors (Lipinski definition) is 1. The van der Waals surface area contributed by atoms with Gasteiger partial charge in [0.2, 0.25) is 5.82 Å². The third kappa shape index (κ3) is 3.30. The van der Waals surface area contributed by atoms with E-state index in [0.29, 0.717) is 12.8 Å². The molecule has 0 aliphatic carbocycles. The molecule has 0 aromatic heterocycles. The zero-order valence-electron chi connectivity index (χ0n) is 10.5. The van der Waals surface area contributed by atoms with E-state index in [0.717, 1.165) is 0 Å². The van der Waals surface area contributed by atoms with E-state index in [9.17, 15) is 26.7 Å². The second kappa shape index (κ2) is 6.12. The van der Waals surface area contributed by atoms with Gasteiger partial charge >= 0.3 is 0 Å². The van der Waals surface area contributed by atoms with Crippen LogP contribution in [0, 0.1) is 35.0 Å². The molecule has 0 saturated carbocycles. The maximum Gasteiger partial charge on any atom is 0.200 e. The molecule has 0 unspecified atom stereocenters. The second-order valence-corrected chi connectivity index (χ2v) is 4.65. The van der Waals surface area contributed by atoms with E-state index >= 15 is 0 Å². The summed E-state index contributed by atoms with van der Waals surface area (Å²) in [5.41, 5.74) is -1.35. The number of hydrogen-bond donors (Lipinski definition) is 0. The van der Waals surface area contributed by atoms with Gasteiger partial charge in [-0.3, -0.25) is 4.79 Å². The van der Waals surface area contributed by atoms with Crippen LogP contribution in [-0.2, 0) is 0 Å². The van der Waals surface area contributed by atoms with Gasteiger partial charge in [-0.25, -0.2) is 22.0 Å². The van der Waals surface area contributed by atoms with Crippen molar-refractivity contribution in [2.24, 2.45) is 5.92 Å². The Morgan fingerprint density at radius 1 is 0.895 bits per heavy atom. The predicted octanol–water partition coefficient (Wildman–Crippen LogP) is 4.39. The van der Waals surface area contributed by atoms with E-state index in [1.807, 2.05) is 13.8 Å². The van der Waals surface area contributed by atoms with Gasteiger partial charge in [0.05, 0.1) is 5.56 Å². The van der Waals surface area contributed by atoms with E-state index in [1.165, 1.54) is 0 Å². The van der Waals surface area contributed by atoms with Crippen molar-refractivity contribution in [2.75, 3.05) is 0 Å². The molecule has 106 valence electrons. The molecule has 0 bridgehead atoms. The molecule has 1 aromatic carbocycles. The van der Waals surface area contributed by atoms with Crippen molar-refractivity contribution in [3.63, 3.8) is 0 Å². The highest BCUT2D eigenvalue weighted by Gasteiger charge is 2.29. The van der Waals surface area contributed by atoms with Crippen molar-refractivity contribution in [2.45, 2.75) is 33.1 Å². The molecule has 0 radical (unpaired) electrons. The smallest absolute Gasteiger partial charge is 0.200 e. The molecule has 0 N–H and O–H groups in total. The molecule has 0 saturated heterocycles. The molecular weight excluding hydrogens is 267 g/mol. The maximum absolute atomic E-state index is 13.3. The summed E-state index contributed by atoms with van der Waals surface area (Å²) in [6.07, 6.45) is 0.702. The first-order valence-corrected chi connectivity index (χ1v) is 5.82. The minimum Gasteiger partial charge on any atom is -0.294 e. The van der Waals surface area contributed by atoms with Crippen molar-refractivity contribution in [1.82, 2.24) is 0 Å². The summed E-state index contributed by atoms with van der Waals surface area (Å²) in [6.45, 7) is 3.78. The number of benzene rings is 1. The Labute approximate surface area is 107 Å². The number of ketones is 1. The molecule has 0 aliphatic heterocycles. The summed E-state index contributed by atoms with van der Waals surface area (Å²) >= 11 is 0. The Morgan fingerprint density at radius 2 is 1.32 bits per heavy atom. The lowest BCUT2D eigenvalue weighted by atomic mass is 10.00. The second-order valence-electron chi connectivity index (χ2n) is 4.65. The van der Waals surface area contributed by atoms with Gasteiger partial charge in [0.1, 0.15) is 0 Å². The number of rotatable bonds is 5. The SMILES string of the molecule is CC(C)CCCC(=O)c1c(F)c(F)c(F)c(F)c1F. The lowest BCUT2D eigenvalue weighted by molar-refractivity contribution is 0.0967. The average molecular weight is 280 g/mol. The fraction of sp³-hybridized carbons (Fsp3) is 0.462. The first-order valence-electron chi connectivity index (χ1n) is 5.82. The van der Waals surface area contributed by atoms with Crippen LogP contribution in [0.5, 0.6) is 0 Å². The van der Waals surface area contributed by atoms with Crippen LogP contribution in [-0.4, -0.2) is 5.78 Å². The van der Waals surface area contributed by atoms with Gasteiger partial charge in [-0.1, -0.05) is 20.3 Å². The number of carbonyl (C=O) groups is 1. The minimum absolute atomic E-state index is 0.253. The third-order valence-electron chi connectivity index (χ3n) is 2.67. The monoisotopic (exact) mass is 280 g/mol. The summed E-state index contributed by atoms with van der Waals surface area (Å²) in [5, 5.41) is 0. The minimum atomic E-state index is -2.26. The van der Waals surface area contributed by atoms with Crippen LogP contribution < -0.4 is 0 Å². The molecule has 1 rings (SSSR count). The largest absolute Gasteiger partial charge is 0.294 e. The van der Waals surface area contributed by atoms with Crippen molar-refractivity contribution < 1.29 is 26.7 Å². The zero-order valence-corrected chi connectivity index (χ0v) is 10.5. The van der Waals surface area contributed by atoms with Gasteiger partial charge in [-0.15, -0.1) is 0 Å². The Bertz CT molecular complexity index is 467. The van der Waals surface area contributed by atoms with Crippen LogP contribution in [0.2, 0.25) is 0 Å². The molecule has 0 spiro atoms. The molecule has 0 aliphatic rings. The lowest BCUT2D eigenvalue weighted by Gasteiger charge is -2.08. The molecule has 0 heterocycles. The van der Waals surface area contributed by atoms with E-state index in [-0.39, 0.29) is 12.3 Å². The number of Topliss-reactive ketones (excluding diaryl/α,β-unsaturated/α-hetero) is 1. The van der Waals surface area contributed by atoms with Crippen LogP contribution >= 0.6 is 0 Å². The van der Waals surface area contributed by atoms with Crippen LogP contribution in [0.4, 0.5) is 22.0 Å². The third-order valence-corrected chi connectivity index (χ3v) is 2.67. The molecule has 0 fully saturated rings. The lowest BCUT2D eigenvalue weighted by Crippen LogP contribution is -2.13. The van der Waals surface area contributed by atoms with Crippen LogP contribution in [0.25, 0.3) is 0 Å². The van der Waals surface area contributed by atoms with Crippen molar-refractivity contribution >= 4 is 5.78 Å². The predicted molar refractivity (Wildman–Crippen MR) is 59.3 cm³/mol. The van der Waals surface area contributed by atoms with E-state index in [2.05, 4.69) is 0 Å². The van der Waals surface area contributed by atoms with Crippen molar-refractivity contribution in [1.29, 1.82) is 0 Å². The molecule has 1 aromatic rings. The standard InChI is InChI=1S/C13H13F5O/c1-6(2)4-3-5-7(19)8-9(14)11(16)13(18)12(17)10(8)15/h6H,3-5H2,1-2H3. The van der Waals surface area contributed by atoms with Crippen molar-refractivity contribution in [3.05, 3.63) is 34.6 Å². The highest BCUT2D eigenvalue weighted by atomic mass is 19.2. The molecule has 6 heteroatoms. The van der Waals surface area contributed by atoms with Gasteiger partial charge < -0.3 is 0 Å². The topological polar surface area (TPSA) is 17.1 Å². The van der Waals surface area contributed by atoms with E-state index in [1.54, 1.807) is 0 Å². The van der Waals surface area contributed by atoms with Crippen LogP contribution in [0.15, 0.2) is 0 Å².